The molecule has 0 radical (unpaired) electrons. The van der Waals surface area contributed by atoms with E-state index in [0.717, 1.165) is 45.6 Å². The lowest BCUT2D eigenvalue weighted by atomic mass is 10.1. The van der Waals surface area contributed by atoms with Crippen LogP contribution in [0.1, 0.15) is 39.2 Å². The third kappa shape index (κ3) is 6.46. The molecule has 3 N–H and O–H groups in total. The lowest BCUT2D eigenvalue weighted by Crippen LogP contribution is -2.24. The van der Waals surface area contributed by atoms with Gasteiger partial charge in [0, 0.05) is 51.7 Å². The molecule has 0 unspecified atom stereocenters. The Morgan fingerprint density at radius 1 is 1.05 bits per heavy atom. The van der Waals surface area contributed by atoms with E-state index < -0.39 is 0 Å². The summed E-state index contributed by atoms with van der Waals surface area (Å²) in [5.41, 5.74) is 4.89. The van der Waals surface area contributed by atoms with Gasteiger partial charge < -0.3 is 10.3 Å². The summed E-state index contributed by atoms with van der Waals surface area (Å²) in [6, 6.07) is 17.6. The van der Waals surface area contributed by atoms with E-state index >= 15 is 0 Å². The first-order valence-corrected chi connectivity index (χ1v) is 12.9. The lowest BCUT2D eigenvalue weighted by molar-refractivity contribution is 0.0953. The first-order chi connectivity index (χ1) is 18.1. The van der Waals surface area contributed by atoms with Crippen molar-refractivity contribution in [1.29, 1.82) is 0 Å². The number of benzene rings is 2. The van der Waals surface area contributed by atoms with Crippen LogP contribution >= 0.6 is 11.8 Å². The van der Waals surface area contributed by atoms with Crippen LogP contribution in [0.5, 0.6) is 0 Å². The fraction of sp³-hybridized carbons (Fsp3) is 0.138. The number of hydrogen-bond donors (Lipinski definition) is 3. The summed E-state index contributed by atoms with van der Waals surface area (Å²) < 4.78 is 13.3. The van der Waals surface area contributed by atoms with Crippen molar-refractivity contribution < 1.29 is 9.18 Å². The molecular weight excluding hydrogens is 485 g/mol. The van der Waals surface area contributed by atoms with Gasteiger partial charge in [0.25, 0.3) is 5.91 Å². The molecule has 0 saturated heterocycles. The Kier molecular flexibility index (Phi) is 7.63. The van der Waals surface area contributed by atoms with E-state index in [1.807, 2.05) is 48.8 Å². The fourth-order valence-electron chi connectivity index (χ4n) is 3.78. The van der Waals surface area contributed by atoms with Crippen LogP contribution in [-0.4, -0.2) is 32.6 Å². The predicted octanol–water partition coefficient (Wildman–Crippen LogP) is 5.48. The second-order valence-corrected chi connectivity index (χ2v) is 9.46. The number of carbonyl (C=O) groups is 1. The summed E-state index contributed by atoms with van der Waals surface area (Å²) in [5.74, 6) is 6.47. The van der Waals surface area contributed by atoms with Crippen molar-refractivity contribution in [3.63, 3.8) is 0 Å². The number of H-pyrrole nitrogens is 2. The number of nitrogens with one attached hydrogen (secondary N) is 3. The van der Waals surface area contributed by atoms with E-state index in [-0.39, 0.29) is 11.7 Å². The van der Waals surface area contributed by atoms with Crippen molar-refractivity contribution in [2.45, 2.75) is 23.5 Å². The number of amides is 1. The highest BCUT2D eigenvalue weighted by molar-refractivity contribution is 7.98. The Bertz CT molecular complexity index is 1570. The highest BCUT2D eigenvalue weighted by atomic mass is 32.2. The summed E-state index contributed by atoms with van der Waals surface area (Å²) >= 11 is 1.61. The van der Waals surface area contributed by atoms with Gasteiger partial charge in [0.05, 0.1) is 11.9 Å². The number of aryl methyl sites for hydroxylation is 1. The third-order valence-electron chi connectivity index (χ3n) is 5.75. The third-order valence-corrected chi connectivity index (χ3v) is 6.86. The highest BCUT2D eigenvalue weighted by Crippen LogP contribution is 2.27. The number of pyridine rings is 1. The molecule has 0 aliphatic carbocycles. The Hall–Kier alpha value is -4.35. The zero-order chi connectivity index (χ0) is 25.5. The molecule has 3 heterocycles. The minimum atomic E-state index is -0.306. The summed E-state index contributed by atoms with van der Waals surface area (Å²) in [7, 11) is 0. The van der Waals surface area contributed by atoms with Gasteiger partial charge in [-0.3, -0.25) is 9.89 Å². The van der Waals surface area contributed by atoms with E-state index in [1.165, 1.54) is 12.1 Å². The van der Waals surface area contributed by atoms with Crippen molar-refractivity contribution >= 4 is 28.7 Å². The van der Waals surface area contributed by atoms with Gasteiger partial charge in [-0.2, -0.15) is 5.10 Å². The van der Waals surface area contributed by atoms with Crippen molar-refractivity contribution in [2.75, 3.05) is 6.54 Å². The summed E-state index contributed by atoms with van der Waals surface area (Å²) in [6.45, 7) is 0.560. The number of aromatic nitrogens is 4. The quantitative estimate of drug-likeness (QED) is 0.147. The first kappa shape index (κ1) is 24.3. The number of fused-ring (bicyclic) bond motifs is 1. The van der Waals surface area contributed by atoms with Gasteiger partial charge in [0.2, 0.25) is 0 Å². The molecule has 0 fully saturated rings. The van der Waals surface area contributed by atoms with Crippen molar-refractivity contribution in [3.05, 3.63) is 113 Å². The van der Waals surface area contributed by atoms with Crippen LogP contribution in [0.3, 0.4) is 0 Å². The van der Waals surface area contributed by atoms with E-state index in [9.17, 15) is 9.18 Å². The van der Waals surface area contributed by atoms with Gasteiger partial charge in [-0.1, -0.05) is 11.8 Å². The second-order valence-electron chi connectivity index (χ2n) is 8.44. The maximum absolute atomic E-state index is 13.3. The standard InChI is InChI=1S/C29H24FN5OS/c30-25-9-4-20(5-10-25)3-6-23-16-24(29(36)32-14-1-2-21-17-33-34-18-21)8-12-27(23)37-19-26-11-7-22-13-15-31-28(22)35-26/h4-5,7-13,15-18H,1-2,14,19H2,(H,31,35)(H,32,36)(H,33,34). The molecule has 8 heteroatoms. The number of nitrogens with zero attached hydrogens (tertiary/aromatic N) is 2. The van der Waals surface area contributed by atoms with Crippen LogP contribution in [-0.2, 0) is 12.2 Å². The van der Waals surface area contributed by atoms with Crippen LogP contribution in [0.2, 0.25) is 0 Å². The molecule has 0 aliphatic heterocycles. The van der Waals surface area contributed by atoms with E-state index in [4.69, 9.17) is 0 Å². The van der Waals surface area contributed by atoms with Crippen LogP contribution < -0.4 is 5.32 Å². The summed E-state index contributed by atoms with van der Waals surface area (Å²) in [6.07, 6.45) is 7.17. The molecule has 0 spiro atoms. The number of hydrogen-bond acceptors (Lipinski definition) is 4. The Balaban J connectivity index is 1.32. The van der Waals surface area contributed by atoms with E-state index in [2.05, 4.69) is 37.3 Å². The zero-order valence-electron chi connectivity index (χ0n) is 19.9. The van der Waals surface area contributed by atoms with Crippen LogP contribution in [0.25, 0.3) is 11.0 Å². The average molecular weight is 510 g/mol. The average Bonchev–Trinajstić information content (AvgIpc) is 3.61. The minimum Gasteiger partial charge on any atom is -0.352 e. The molecule has 6 nitrogen and oxygen atoms in total. The molecule has 3 aromatic heterocycles. The molecule has 5 aromatic rings. The number of aromatic amines is 2. The topological polar surface area (TPSA) is 86.5 Å². The van der Waals surface area contributed by atoms with Crippen molar-refractivity contribution in [3.8, 4) is 11.8 Å². The summed E-state index contributed by atoms with van der Waals surface area (Å²) in [5, 5.41) is 10.8. The van der Waals surface area contributed by atoms with Gasteiger partial charge >= 0.3 is 0 Å². The van der Waals surface area contributed by atoms with Gasteiger partial charge in [-0.25, -0.2) is 9.37 Å². The molecule has 0 atom stereocenters. The number of thioether (sulfide) groups is 1. The zero-order valence-corrected chi connectivity index (χ0v) is 20.7. The lowest BCUT2D eigenvalue weighted by Gasteiger charge is -2.09. The van der Waals surface area contributed by atoms with Crippen LogP contribution in [0.15, 0.2) is 84.1 Å². The molecular formula is C29H24FN5OS. The molecule has 1 amide bonds. The normalized spacial score (nSPS) is 10.7. The van der Waals surface area contributed by atoms with Gasteiger partial charge in [-0.15, -0.1) is 11.8 Å². The maximum Gasteiger partial charge on any atom is 0.251 e. The SMILES string of the molecule is O=C(NCCCc1cn[nH]c1)c1ccc(SCc2ccc3cc[nH]c3n2)c(C#Cc2ccc(F)cc2)c1. The van der Waals surface area contributed by atoms with Crippen LogP contribution in [0.4, 0.5) is 4.39 Å². The number of carbonyl (C=O) groups excluding carboxylic acids is 1. The maximum atomic E-state index is 13.3. The molecule has 5 rings (SSSR count). The molecule has 184 valence electrons. The minimum absolute atomic E-state index is 0.146. The fourth-order valence-corrected chi connectivity index (χ4v) is 4.68. The Morgan fingerprint density at radius 3 is 2.78 bits per heavy atom. The van der Waals surface area contributed by atoms with Crippen molar-refractivity contribution in [1.82, 2.24) is 25.5 Å². The molecule has 2 aromatic carbocycles. The van der Waals surface area contributed by atoms with Crippen molar-refractivity contribution in [2.24, 2.45) is 0 Å². The summed E-state index contributed by atoms with van der Waals surface area (Å²) in [4.78, 5) is 21.6. The van der Waals surface area contributed by atoms with E-state index in [0.29, 0.717) is 23.4 Å². The van der Waals surface area contributed by atoms with Gasteiger partial charge in [-0.05, 0) is 79.1 Å². The van der Waals surface area contributed by atoms with Gasteiger partial charge in [0.15, 0.2) is 0 Å². The number of halogens is 1. The van der Waals surface area contributed by atoms with E-state index in [1.54, 1.807) is 30.1 Å². The Labute approximate surface area is 218 Å². The molecule has 0 saturated carbocycles. The molecule has 37 heavy (non-hydrogen) atoms. The Morgan fingerprint density at radius 2 is 1.95 bits per heavy atom. The molecule has 0 bridgehead atoms. The predicted molar refractivity (Wildman–Crippen MR) is 144 cm³/mol. The monoisotopic (exact) mass is 509 g/mol. The largest absolute Gasteiger partial charge is 0.352 e. The second kappa shape index (κ2) is 11.6. The highest BCUT2D eigenvalue weighted by Gasteiger charge is 2.10. The van der Waals surface area contributed by atoms with Gasteiger partial charge in [0.1, 0.15) is 11.5 Å². The van der Waals surface area contributed by atoms with Crippen LogP contribution in [0, 0.1) is 17.7 Å². The first-order valence-electron chi connectivity index (χ1n) is 11.9. The smallest absolute Gasteiger partial charge is 0.251 e. The number of rotatable bonds is 8. The molecule has 0 aliphatic rings.